The number of aliphatic hydroxyl groups is 2. The highest BCUT2D eigenvalue weighted by molar-refractivity contribution is 5.24. The molecule has 0 saturated heterocycles. The van der Waals surface area contributed by atoms with E-state index in [0.29, 0.717) is 6.42 Å². The molecule has 0 radical (unpaired) electrons. The Labute approximate surface area is 102 Å². The number of aryl methyl sites for hydroxylation is 1. The van der Waals surface area contributed by atoms with Crippen molar-refractivity contribution < 1.29 is 14.6 Å². The molecule has 1 heterocycles. The van der Waals surface area contributed by atoms with Gasteiger partial charge in [0.05, 0.1) is 12.5 Å². The van der Waals surface area contributed by atoms with Gasteiger partial charge < -0.3 is 14.6 Å². The van der Waals surface area contributed by atoms with Crippen LogP contribution in [0, 0.1) is 5.92 Å². The lowest BCUT2D eigenvalue weighted by Gasteiger charge is -2.29. The molecule has 1 aliphatic carbocycles. The number of furan rings is 1. The zero-order valence-corrected chi connectivity index (χ0v) is 10.5. The molecule has 1 unspecified atom stereocenters. The number of hydrogen-bond donors (Lipinski definition) is 2. The second-order valence-corrected chi connectivity index (χ2v) is 5.21. The minimum Gasteiger partial charge on any atom is -0.472 e. The Bertz CT molecular complexity index is 354. The lowest BCUT2D eigenvalue weighted by atomic mass is 9.88. The van der Waals surface area contributed by atoms with Gasteiger partial charge in [-0.3, -0.25) is 0 Å². The van der Waals surface area contributed by atoms with E-state index in [1.807, 2.05) is 0 Å². The van der Waals surface area contributed by atoms with Crippen molar-refractivity contribution in [1.29, 1.82) is 0 Å². The molecule has 0 saturated carbocycles. The zero-order chi connectivity index (χ0) is 12.3. The van der Waals surface area contributed by atoms with Gasteiger partial charge in [-0.05, 0) is 30.4 Å². The fraction of sp³-hybridized carbons (Fsp3) is 0.714. The summed E-state index contributed by atoms with van der Waals surface area (Å²) in [7, 11) is 0. The van der Waals surface area contributed by atoms with E-state index in [9.17, 15) is 10.2 Å². The van der Waals surface area contributed by atoms with Crippen LogP contribution in [0.3, 0.4) is 0 Å². The highest BCUT2D eigenvalue weighted by Gasteiger charge is 2.37. The van der Waals surface area contributed by atoms with Gasteiger partial charge in [0.25, 0.3) is 0 Å². The van der Waals surface area contributed by atoms with E-state index in [2.05, 4.69) is 6.92 Å². The molecule has 1 aromatic rings. The minimum absolute atomic E-state index is 0.0125. The summed E-state index contributed by atoms with van der Waals surface area (Å²) in [4.78, 5) is 0. The summed E-state index contributed by atoms with van der Waals surface area (Å²) < 4.78 is 5.13. The fourth-order valence-electron chi connectivity index (χ4n) is 2.73. The number of unbranched alkanes of at least 4 members (excludes halogenated alkanes) is 2. The van der Waals surface area contributed by atoms with Gasteiger partial charge in [-0.25, -0.2) is 0 Å². The van der Waals surface area contributed by atoms with Crippen LogP contribution in [0.5, 0.6) is 0 Å². The molecule has 1 atom stereocenters. The lowest BCUT2D eigenvalue weighted by Crippen LogP contribution is -2.39. The van der Waals surface area contributed by atoms with Crippen molar-refractivity contribution in [2.75, 3.05) is 0 Å². The van der Waals surface area contributed by atoms with Gasteiger partial charge in [0.2, 0.25) is 0 Å². The predicted molar refractivity (Wildman–Crippen MR) is 65.5 cm³/mol. The van der Waals surface area contributed by atoms with Crippen molar-refractivity contribution in [2.45, 2.75) is 57.7 Å². The molecule has 0 spiro atoms. The van der Waals surface area contributed by atoms with E-state index < -0.39 is 5.79 Å². The third-order valence-electron chi connectivity index (χ3n) is 3.86. The summed E-state index contributed by atoms with van der Waals surface area (Å²) in [5.74, 6) is -1.58. The first-order valence-corrected chi connectivity index (χ1v) is 6.62. The average Bonchev–Trinajstić information content (AvgIpc) is 2.65. The van der Waals surface area contributed by atoms with Crippen molar-refractivity contribution in [3.63, 3.8) is 0 Å². The molecule has 1 aliphatic rings. The first-order chi connectivity index (χ1) is 8.13. The quantitative estimate of drug-likeness (QED) is 0.481. The molecule has 0 bridgehead atoms. The van der Waals surface area contributed by atoms with Crippen LogP contribution in [0.15, 0.2) is 16.9 Å². The second kappa shape index (κ2) is 5.23. The van der Waals surface area contributed by atoms with Crippen LogP contribution in [0.1, 0.15) is 50.2 Å². The predicted octanol–water partition coefficient (Wildman–Crippen LogP) is 2.65. The fourth-order valence-corrected chi connectivity index (χ4v) is 2.73. The Balaban J connectivity index is 2.02. The molecular weight excluding hydrogens is 216 g/mol. The summed E-state index contributed by atoms with van der Waals surface area (Å²) in [6.45, 7) is 2.16. The Morgan fingerprint density at radius 3 is 2.82 bits per heavy atom. The van der Waals surface area contributed by atoms with Crippen LogP contribution in [-0.2, 0) is 12.8 Å². The van der Waals surface area contributed by atoms with Gasteiger partial charge in [-0.15, -0.1) is 0 Å². The maximum absolute atomic E-state index is 10.2. The molecule has 3 heteroatoms. The lowest BCUT2D eigenvalue weighted by molar-refractivity contribution is -0.200. The highest BCUT2D eigenvalue weighted by atomic mass is 16.5. The van der Waals surface area contributed by atoms with Gasteiger partial charge >= 0.3 is 0 Å². The average molecular weight is 238 g/mol. The van der Waals surface area contributed by atoms with Crippen molar-refractivity contribution in [1.82, 2.24) is 0 Å². The summed E-state index contributed by atoms with van der Waals surface area (Å²) >= 11 is 0. The summed E-state index contributed by atoms with van der Waals surface area (Å²) in [6.07, 6.45) is 9.73. The van der Waals surface area contributed by atoms with Crippen LogP contribution in [-0.4, -0.2) is 16.0 Å². The number of fused-ring (bicyclic) bond motifs is 1. The molecule has 2 rings (SSSR count). The van der Waals surface area contributed by atoms with E-state index in [1.54, 1.807) is 12.5 Å². The standard InChI is InChI=1S/C14H22O3/c1-2-3-4-5-13-7-6-11-9-17-10-12(11)8-14(13,15)16/h9-10,13,15-16H,2-8H2,1H3. The van der Waals surface area contributed by atoms with E-state index in [4.69, 9.17) is 4.42 Å². The van der Waals surface area contributed by atoms with Gasteiger partial charge in [0.1, 0.15) is 0 Å². The van der Waals surface area contributed by atoms with E-state index in [-0.39, 0.29) is 5.92 Å². The van der Waals surface area contributed by atoms with E-state index in [0.717, 1.165) is 36.8 Å². The molecular formula is C14H22O3. The minimum atomic E-state index is -1.57. The molecule has 3 nitrogen and oxygen atoms in total. The van der Waals surface area contributed by atoms with Crippen LogP contribution < -0.4 is 0 Å². The molecule has 2 N–H and O–H groups in total. The second-order valence-electron chi connectivity index (χ2n) is 5.21. The molecule has 17 heavy (non-hydrogen) atoms. The molecule has 0 aromatic carbocycles. The number of rotatable bonds is 4. The van der Waals surface area contributed by atoms with Crippen molar-refractivity contribution >= 4 is 0 Å². The third kappa shape index (κ3) is 2.90. The Morgan fingerprint density at radius 1 is 1.29 bits per heavy atom. The van der Waals surface area contributed by atoms with Gasteiger partial charge in [-0.2, -0.15) is 0 Å². The van der Waals surface area contributed by atoms with Crippen molar-refractivity contribution in [2.24, 2.45) is 5.92 Å². The molecule has 1 aromatic heterocycles. The molecule has 0 aliphatic heterocycles. The first-order valence-electron chi connectivity index (χ1n) is 6.62. The molecule has 0 amide bonds. The maximum Gasteiger partial charge on any atom is 0.169 e. The van der Waals surface area contributed by atoms with Crippen molar-refractivity contribution in [3.8, 4) is 0 Å². The number of hydrogen-bond acceptors (Lipinski definition) is 3. The van der Waals surface area contributed by atoms with Crippen LogP contribution in [0.4, 0.5) is 0 Å². The zero-order valence-electron chi connectivity index (χ0n) is 10.5. The smallest absolute Gasteiger partial charge is 0.169 e. The SMILES string of the molecule is CCCCCC1CCc2cocc2CC1(O)O. The van der Waals surface area contributed by atoms with E-state index in [1.165, 1.54) is 12.8 Å². The van der Waals surface area contributed by atoms with Crippen LogP contribution in [0.2, 0.25) is 0 Å². The van der Waals surface area contributed by atoms with Crippen molar-refractivity contribution in [3.05, 3.63) is 23.7 Å². The molecule has 0 fully saturated rings. The summed E-state index contributed by atoms with van der Waals surface area (Å²) in [5.41, 5.74) is 2.09. The van der Waals surface area contributed by atoms with Gasteiger partial charge in [-0.1, -0.05) is 26.2 Å². The Morgan fingerprint density at radius 2 is 2.06 bits per heavy atom. The highest BCUT2D eigenvalue weighted by Crippen LogP contribution is 2.34. The van der Waals surface area contributed by atoms with E-state index >= 15 is 0 Å². The topological polar surface area (TPSA) is 53.6 Å². The van der Waals surface area contributed by atoms with Gasteiger partial charge in [0.15, 0.2) is 5.79 Å². The van der Waals surface area contributed by atoms with Crippen LogP contribution >= 0.6 is 0 Å². The summed E-state index contributed by atoms with van der Waals surface area (Å²) in [6, 6.07) is 0. The van der Waals surface area contributed by atoms with Gasteiger partial charge in [0, 0.05) is 12.3 Å². The summed E-state index contributed by atoms with van der Waals surface area (Å²) in [5, 5.41) is 20.4. The van der Waals surface area contributed by atoms with Crippen LogP contribution in [0.25, 0.3) is 0 Å². The largest absolute Gasteiger partial charge is 0.472 e. The first kappa shape index (κ1) is 12.7. The third-order valence-corrected chi connectivity index (χ3v) is 3.86. The Hall–Kier alpha value is -0.800. The molecule has 96 valence electrons. The monoisotopic (exact) mass is 238 g/mol. The maximum atomic E-state index is 10.2. The Kier molecular flexibility index (Phi) is 3.89. The normalized spacial score (nSPS) is 23.1.